The molecule has 0 aliphatic carbocycles. The maximum Gasteiger partial charge on any atom is 0.573 e. The number of alkyl halides is 3. The highest BCUT2D eigenvalue weighted by Gasteiger charge is 2.32. The molecule has 23 heavy (non-hydrogen) atoms. The average molecular weight is 331 g/mol. The molecule has 0 unspecified atom stereocenters. The highest BCUT2D eigenvalue weighted by atomic mass is 19.4. The summed E-state index contributed by atoms with van der Waals surface area (Å²) >= 11 is 0. The minimum absolute atomic E-state index is 0.0562. The minimum Gasteiger partial charge on any atom is -0.405 e. The molecule has 0 atom stereocenters. The van der Waals surface area contributed by atoms with Gasteiger partial charge in [0.15, 0.2) is 0 Å². The SMILES string of the molecule is O=C(NCc1ccccc1OC(F)(F)F)c1ccc(F)cc1F. The normalized spacial score (nSPS) is 11.2. The van der Waals surface area contributed by atoms with E-state index < -0.39 is 35.2 Å². The molecule has 8 heteroatoms. The largest absolute Gasteiger partial charge is 0.573 e. The summed E-state index contributed by atoms with van der Waals surface area (Å²) in [6, 6.07) is 7.59. The lowest BCUT2D eigenvalue weighted by Gasteiger charge is -2.13. The minimum atomic E-state index is -4.87. The summed E-state index contributed by atoms with van der Waals surface area (Å²) in [6.07, 6.45) is -4.87. The number of ether oxygens (including phenoxy) is 1. The van der Waals surface area contributed by atoms with E-state index in [1.807, 2.05) is 0 Å². The number of nitrogens with one attached hydrogen (secondary N) is 1. The van der Waals surface area contributed by atoms with Crippen LogP contribution in [-0.2, 0) is 6.54 Å². The Hall–Kier alpha value is -2.64. The highest BCUT2D eigenvalue weighted by molar-refractivity contribution is 5.94. The molecule has 3 nitrogen and oxygen atoms in total. The second-order valence-electron chi connectivity index (χ2n) is 4.46. The van der Waals surface area contributed by atoms with Crippen molar-refractivity contribution in [2.24, 2.45) is 0 Å². The van der Waals surface area contributed by atoms with E-state index in [1.165, 1.54) is 18.2 Å². The van der Waals surface area contributed by atoms with Gasteiger partial charge in [0.05, 0.1) is 5.56 Å². The first-order valence-corrected chi connectivity index (χ1v) is 6.33. The Kier molecular flexibility index (Phi) is 4.83. The summed E-state index contributed by atoms with van der Waals surface area (Å²) in [6.45, 7) is -0.318. The number of para-hydroxylation sites is 1. The van der Waals surface area contributed by atoms with Gasteiger partial charge in [-0.2, -0.15) is 0 Å². The third-order valence-corrected chi connectivity index (χ3v) is 2.81. The van der Waals surface area contributed by atoms with Gasteiger partial charge in [0, 0.05) is 18.2 Å². The summed E-state index contributed by atoms with van der Waals surface area (Å²) in [5.74, 6) is -3.27. The summed E-state index contributed by atoms with van der Waals surface area (Å²) in [4.78, 5) is 11.8. The van der Waals surface area contributed by atoms with Gasteiger partial charge in [-0.3, -0.25) is 4.79 Å². The van der Waals surface area contributed by atoms with Gasteiger partial charge >= 0.3 is 6.36 Å². The van der Waals surface area contributed by atoms with Crippen molar-refractivity contribution < 1.29 is 31.5 Å². The standard InChI is InChI=1S/C15H10F5NO2/c16-10-5-6-11(12(17)7-10)14(22)21-8-9-3-1-2-4-13(9)23-15(18,19)20/h1-7H,8H2,(H,21,22). The highest BCUT2D eigenvalue weighted by Crippen LogP contribution is 2.26. The topological polar surface area (TPSA) is 38.3 Å². The fourth-order valence-corrected chi connectivity index (χ4v) is 1.82. The van der Waals surface area contributed by atoms with Crippen LogP contribution in [0.25, 0.3) is 0 Å². The zero-order chi connectivity index (χ0) is 17.0. The number of carbonyl (C=O) groups excluding carboxylic acids is 1. The molecule has 2 aromatic carbocycles. The van der Waals surface area contributed by atoms with Gasteiger partial charge in [-0.1, -0.05) is 18.2 Å². The molecule has 2 rings (SSSR count). The Bertz CT molecular complexity index is 715. The molecule has 2 aromatic rings. The first-order valence-electron chi connectivity index (χ1n) is 6.33. The molecule has 0 fully saturated rings. The average Bonchev–Trinajstić information content (AvgIpc) is 2.44. The van der Waals surface area contributed by atoms with Crippen molar-refractivity contribution >= 4 is 5.91 Å². The van der Waals surface area contributed by atoms with E-state index in [4.69, 9.17) is 0 Å². The van der Waals surface area contributed by atoms with Crippen molar-refractivity contribution in [3.63, 3.8) is 0 Å². The van der Waals surface area contributed by atoms with Crippen LogP contribution in [0.5, 0.6) is 5.75 Å². The van der Waals surface area contributed by atoms with Gasteiger partial charge in [-0.05, 0) is 18.2 Å². The van der Waals surface area contributed by atoms with Crippen molar-refractivity contribution in [2.75, 3.05) is 0 Å². The molecule has 0 heterocycles. The Labute approximate surface area is 127 Å². The number of halogens is 5. The molecule has 0 saturated carbocycles. The van der Waals surface area contributed by atoms with Crippen LogP contribution in [0.15, 0.2) is 42.5 Å². The number of amides is 1. The fraction of sp³-hybridized carbons (Fsp3) is 0.133. The third kappa shape index (κ3) is 4.67. The molecule has 122 valence electrons. The van der Waals surface area contributed by atoms with Gasteiger partial charge in [0.2, 0.25) is 0 Å². The molecule has 0 aliphatic heterocycles. The van der Waals surface area contributed by atoms with E-state index in [0.29, 0.717) is 6.07 Å². The maximum absolute atomic E-state index is 13.5. The monoisotopic (exact) mass is 331 g/mol. The van der Waals surface area contributed by atoms with Crippen LogP contribution in [0.4, 0.5) is 22.0 Å². The number of rotatable bonds is 4. The van der Waals surface area contributed by atoms with Gasteiger partial charge < -0.3 is 10.1 Å². The number of carbonyl (C=O) groups is 1. The summed E-state index contributed by atoms with van der Waals surface area (Å²) < 4.78 is 66.9. The van der Waals surface area contributed by atoms with E-state index >= 15 is 0 Å². The molecule has 0 radical (unpaired) electrons. The van der Waals surface area contributed by atoms with Crippen LogP contribution in [0.2, 0.25) is 0 Å². The molecule has 0 saturated heterocycles. The predicted octanol–water partition coefficient (Wildman–Crippen LogP) is 3.79. The van der Waals surface area contributed by atoms with Crippen molar-refractivity contribution in [3.05, 3.63) is 65.2 Å². The Morgan fingerprint density at radius 2 is 1.78 bits per heavy atom. The number of benzene rings is 2. The van der Waals surface area contributed by atoms with Crippen molar-refractivity contribution in [1.82, 2.24) is 5.32 Å². The molecule has 0 bridgehead atoms. The van der Waals surface area contributed by atoms with Crippen LogP contribution < -0.4 is 10.1 Å². The first-order chi connectivity index (χ1) is 10.8. The Balaban J connectivity index is 2.10. The molecule has 0 spiro atoms. The second kappa shape index (κ2) is 6.64. The predicted molar refractivity (Wildman–Crippen MR) is 70.7 cm³/mol. The van der Waals surface area contributed by atoms with E-state index in [9.17, 15) is 26.7 Å². The summed E-state index contributed by atoms with van der Waals surface area (Å²) in [7, 11) is 0. The lowest BCUT2D eigenvalue weighted by atomic mass is 10.1. The van der Waals surface area contributed by atoms with Crippen molar-refractivity contribution in [2.45, 2.75) is 12.9 Å². The van der Waals surface area contributed by atoms with Gasteiger partial charge in [-0.25, -0.2) is 8.78 Å². The Morgan fingerprint density at radius 1 is 1.09 bits per heavy atom. The molecule has 0 aliphatic rings. The number of hydrogen-bond acceptors (Lipinski definition) is 2. The first kappa shape index (κ1) is 16.7. The lowest BCUT2D eigenvalue weighted by Crippen LogP contribution is -2.25. The van der Waals surface area contributed by atoms with Crippen LogP contribution in [0, 0.1) is 11.6 Å². The van der Waals surface area contributed by atoms with Gasteiger partial charge in [0.1, 0.15) is 17.4 Å². The van der Waals surface area contributed by atoms with E-state index in [-0.39, 0.29) is 12.1 Å². The molecular formula is C15H10F5NO2. The summed E-state index contributed by atoms with van der Waals surface area (Å²) in [5, 5.41) is 2.25. The van der Waals surface area contributed by atoms with Crippen LogP contribution >= 0.6 is 0 Å². The summed E-state index contributed by atoms with van der Waals surface area (Å²) in [5.41, 5.74) is -0.360. The quantitative estimate of drug-likeness (QED) is 0.866. The van der Waals surface area contributed by atoms with Crippen molar-refractivity contribution in [3.8, 4) is 5.75 Å². The molecule has 0 aromatic heterocycles. The smallest absolute Gasteiger partial charge is 0.405 e. The fourth-order valence-electron chi connectivity index (χ4n) is 1.82. The molecular weight excluding hydrogens is 321 g/mol. The molecule has 1 amide bonds. The zero-order valence-electron chi connectivity index (χ0n) is 11.5. The van der Waals surface area contributed by atoms with Crippen LogP contribution in [0.3, 0.4) is 0 Å². The third-order valence-electron chi connectivity index (χ3n) is 2.81. The van der Waals surface area contributed by atoms with Crippen LogP contribution in [-0.4, -0.2) is 12.3 Å². The maximum atomic E-state index is 13.5. The van der Waals surface area contributed by atoms with Crippen molar-refractivity contribution in [1.29, 1.82) is 0 Å². The van der Waals surface area contributed by atoms with Crippen LogP contribution in [0.1, 0.15) is 15.9 Å². The van der Waals surface area contributed by atoms with E-state index in [0.717, 1.165) is 18.2 Å². The Morgan fingerprint density at radius 3 is 2.43 bits per heavy atom. The zero-order valence-corrected chi connectivity index (χ0v) is 11.5. The number of hydrogen-bond donors (Lipinski definition) is 1. The lowest BCUT2D eigenvalue weighted by molar-refractivity contribution is -0.274. The van der Waals surface area contributed by atoms with Gasteiger partial charge in [0.25, 0.3) is 5.91 Å². The molecule has 1 N–H and O–H groups in total. The second-order valence-corrected chi connectivity index (χ2v) is 4.46. The van der Waals surface area contributed by atoms with E-state index in [2.05, 4.69) is 10.1 Å². The van der Waals surface area contributed by atoms with E-state index in [1.54, 1.807) is 0 Å². The van der Waals surface area contributed by atoms with Gasteiger partial charge in [-0.15, -0.1) is 13.2 Å².